The lowest BCUT2D eigenvalue weighted by molar-refractivity contribution is -0.210. The fourth-order valence-electron chi connectivity index (χ4n) is 6.46. The number of cyclic esters (lactones) is 1. The van der Waals surface area contributed by atoms with Gasteiger partial charge in [0.15, 0.2) is 11.9 Å². The number of esters is 3. The number of furan rings is 1. The van der Waals surface area contributed by atoms with Gasteiger partial charge in [-0.3, -0.25) is 19.2 Å². The number of carbonyl (C=O) groups is 4. The zero-order valence-electron chi connectivity index (χ0n) is 18.2. The van der Waals surface area contributed by atoms with Crippen LogP contribution in [-0.4, -0.2) is 36.9 Å². The molecule has 0 bridgehead atoms. The van der Waals surface area contributed by atoms with Crippen LogP contribution in [-0.2, 0) is 33.4 Å². The molecule has 168 valence electrons. The average Bonchev–Trinajstić information content (AvgIpc) is 3.23. The van der Waals surface area contributed by atoms with E-state index in [1.165, 1.54) is 26.6 Å². The molecule has 0 radical (unpaired) electrons. The van der Waals surface area contributed by atoms with Crippen molar-refractivity contribution in [2.45, 2.75) is 58.7 Å². The van der Waals surface area contributed by atoms with Gasteiger partial charge in [-0.2, -0.15) is 0 Å². The minimum atomic E-state index is -1.04. The van der Waals surface area contributed by atoms with Gasteiger partial charge in [-0.15, -0.1) is 0 Å². The SMILES string of the molecule is COC(=O)C1CC(OC(C)=O)C(=O)[C@H]2C1(C)CC[C@H]1C(=O)OC(c3ccoc3)CC12C. The number of Topliss-reactive ketones (excluding diaryl/α,β-unsaturated/α-hetero) is 1. The molecule has 3 fully saturated rings. The van der Waals surface area contributed by atoms with Crippen LogP contribution in [0.15, 0.2) is 23.0 Å². The summed E-state index contributed by atoms with van der Waals surface area (Å²) in [6.07, 6.45) is 2.98. The van der Waals surface area contributed by atoms with Crippen LogP contribution < -0.4 is 0 Å². The molecule has 8 nitrogen and oxygen atoms in total. The van der Waals surface area contributed by atoms with Crippen molar-refractivity contribution in [3.63, 3.8) is 0 Å². The van der Waals surface area contributed by atoms with Crippen LogP contribution in [0, 0.1) is 28.6 Å². The predicted octanol–water partition coefficient (Wildman–Crippen LogP) is 3.00. The first-order chi connectivity index (χ1) is 14.6. The van der Waals surface area contributed by atoms with Gasteiger partial charge >= 0.3 is 17.9 Å². The number of carbonyl (C=O) groups excluding carboxylic acids is 4. The van der Waals surface area contributed by atoms with E-state index in [-0.39, 0.29) is 18.2 Å². The zero-order valence-corrected chi connectivity index (χ0v) is 18.2. The second-order valence-electron chi connectivity index (χ2n) is 9.53. The van der Waals surface area contributed by atoms with Crippen LogP contribution in [0.5, 0.6) is 0 Å². The molecule has 2 aliphatic carbocycles. The Bertz CT molecular complexity index is 905. The standard InChI is InChI=1S/C23H28O8/c1-12(24)30-16-9-15(20(26)28-4)22(2)7-5-14-21(27)31-17(13-6-8-29-11-13)10-23(14,3)19(22)18(16)25/h6,8,11,14-17,19H,5,7,9-10H2,1-4H3/t14-,15?,16?,17?,19-,22?,23?/m0/s1. The molecule has 2 heterocycles. The third kappa shape index (κ3) is 3.27. The zero-order chi connectivity index (χ0) is 22.6. The lowest BCUT2D eigenvalue weighted by Gasteiger charge is -2.60. The summed E-state index contributed by atoms with van der Waals surface area (Å²) < 4.78 is 21.3. The molecule has 0 spiro atoms. The Kier molecular flexibility index (Phi) is 5.22. The Hall–Kier alpha value is -2.64. The Morgan fingerprint density at radius 2 is 1.94 bits per heavy atom. The lowest BCUT2D eigenvalue weighted by atomic mass is 9.43. The van der Waals surface area contributed by atoms with Crippen LogP contribution in [0.1, 0.15) is 58.1 Å². The smallest absolute Gasteiger partial charge is 0.310 e. The molecule has 7 atom stereocenters. The highest BCUT2D eigenvalue weighted by Crippen LogP contribution is 2.65. The first-order valence-corrected chi connectivity index (χ1v) is 10.6. The molecule has 0 aromatic carbocycles. The van der Waals surface area contributed by atoms with E-state index in [1.807, 2.05) is 13.8 Å². The van der Waals surface area contributed by atoms with Crippen molar-refractivity contribution in [2.24, 2.45) is 28.6 Å². The van der Waals surface area contributed by atoms with Crippen molar-refractivity contribution in [1.29, 1.82) is 0 Å². The number of methoxy groups -OCH3 is 1. The summed E-state index contributed by atoms with van der Waals surface area (Å²) in [6, 6.07) is 1.74. The van der Waals surface area contributed by atoms with Gasteiger partial charge in [0.2, 0.25) is 0 Å². The van der Waals surface area contributed by atoms with E-state index < -0.39 is 52.7 Å². The van der Waals surface area contributed by atoms with E-state index in [4.69, 9.17) is 18.6 Å². The lowest BCUT2D eigenvalue weighted by Crippen LogP contribution is -2.64. The quantitative estimate of drug-likeness (QED) is 0.530. The summed E-state index contributed by atoms with van der Waals surface area (Å²) in [4.78, 5) is 51.2. The first kappa shape index (κ1) is 21.6. The average molecular weight is 432 g/mol. The van der Waals surface area contributed by atoms with Crippen molar-refractivity contribution in [3.8, 4) is 0 Å². The van der Waals surface area contributed by atoms with E-state index in [0.29, 0.717) is 19.3 Å². The van der Waals surface area contributed by atoms with E-state index in [9.17, 15) is 19.2 Å². The van der Waals surface area contributed by atoms with Crippen LogP contribution in [0.2, 0.25) is 0 Å². The van der Waals surface area contributed by atoms with Crippen LogP contribution in [0.25, 0.3) is 0 Å². The van der Waals surface area contributed by atoms with Crippen molar-refractivity contribution in [2.75, 3.05) is 7.11 Å². The van der Waals surface area contributed by atoms with E-state index in [2.05, 4.69) is 0 Å². The van der Waals surface area contributed by atoms with Crippen LogP contribution in [0.3, 0.4) is 0 Å². The maximum Gasteiger partial charge on any atom is 0.310 e. The number of ether oxygens (including phenoxy) is 3. The molecular formula is C23H28O8. The van der Waals surface area contributed by atoms with Gasteiger partial charge in [0.25, 0.3) is 0 Å². The normalized spacial score (nSPS) is 39.7. The molecule has 2 saturated carbocycles. The topological polar surface area (TPSA) is 109 Å². The third-order valence-electron chi connectivity index (χ3n) is 7.81. The Morgan fingerprint density at radius 3 is 2.55 bits per heavy atom. The monoisotopic (exact) mass is 432 g/mol. The summed E-state index contributed by atoms with van der Waals surface area (Å²) in [5, 5.41) is 0. The van der Waals surface area contributed by atoms with Crippen molar-refractivity contribution >= 4 is 23.7 Å². The van der Waals surface area contributed by atoms with Crippen molar-refractivity contribution in [3.05, 3.63) is 24.2 Å². The largest absolute Gasteiger partial charge is 0.472 e. The predicted molar refractivity (Wildman–Crippen MR) is 105 cm³/mol. The Morgan fingerprint density at radius 1 is 1.19 bits per heavy atom. The highest BCUT2D eigenvalue weighted by Gasteiger charge is 2.67. The Labute approximate surface area is 180 Å². The summed E-state index contributed by atoms with van der Waals surface area (Å²) in [6.45, 7) is 5.09. The first-order valence-electron chi connectivity index (χ1n) is 10.6. The molecule has 8 heteroatoms. The van der Waals surface area contributed by atoms with E-state index in [0.717, 1.165) is 5.56 Å². The molecule has 1 aromatic rings. The molecule has 4 rings (SSSR count). The van der Waals surface area contributed by atoms with Gasteiger partial charge in [0.1, 0.15) is 6.10 Å². The Balaban J connectivity index is 1.80. The number of ketones is 1. The summed E-state index contributed by atoms with van der Waals surface area (Å²) in [5.41, 5.74) is -0.763. The fourth-order valence-corrected chi connectivity index (χ4v) is 6.46. The number of hydrogen-bond acceptors (Lipinski definition) is 8. The number of fused-ring (bicyclic) bond motifs is 3. The molecule has 0 N–H and O–H groups in total. The summed E-state index contributed by atoms with van der Waals surface area (Å²) in [7, 11) is 1.32. The van der Waals surface area contributed by atoms with E-state index >= 15 is 0 Å². The molecule has 3 aliphatic rings. The van der Waals surface area contributed by atoms with Crippen molar-refractivity contribution in [1.82, 2.24) is 0 Å². The second-order valence-corrected chi connectivity index (χ2v) is 9.53. The van der Waals surface area contributed by atoms with E-state index in [1.54, 1.807) is 6.07 Å². The van der Waals surface area contributed by atoms with Gasteiger partial charge in [-0.05, 0) is 36.2 Å². The summed E-state index contributed by atoms with van der Waals surface area (Å²) in [5.74, 6) is -3.35. The molecule has 1 saturated heterocycles. The maximum atomic E-state index is 13.7. The van der Waals surface area contributed by atoms with Gasteiger partial charge in [0.05, 0.1) is 31.5 Å². The molecular weight excluding hydrogens is 404 g/mol. The number of hydrogen-bond donors (Lipinski definition) is 0. The molecule has 0 amide bonds. The second kappa shape index (κ2) is 7.50. The van der Waals surface area contributed by atoms with Gasteiger partial charge < -0.3 is 18.6 Å². The fraction of sp³-hybridized carbons (Fsp3) is 0.652. The van der Waals surface area contributed by atoms with Gasteiger partial charge in [0, 0.05) is 24.8 Å². The maximum absolute atomic E-state index is 13.7. The highest BCUT2D eigenvalue weighted by atomic mass is 16.6. The van der Waals surface area contributed by atoms with Gasteiger partial charge in [-0.1, -0.05) is 13.8 Å². The van der Waals surface area contributed by atoms with Gasteiger partial charge in [-0.25, -0.2) is 0 Å². The molecule has 1 aromatic heterocycles. The highest BCUT2D eigenvalue weighted by molar-refractivity contribution is 5.93. The molecule has 31 heavy (non-hydrogen) atoms. The van der Waals surface area contributed by atoms with Crippen LogP contribution >= 0.6 is 0 Å². The number of rotatable bonds is 3. The van der Waals surface area contributed by atoms with Crippen LogP contribution in [0.4, 0.5) is 0 Å². The van der Waals surface area contributed by atoms with Crippen molar-refractivity contribution < 1.29 is 37.8 Å². The minimum Gasteiger partial charge on any atom is -0.472 e. The summed E-state index contributed by atoms with van der Waals surface area (Å²) >= 11 is 0. The third-order valence-corrected chi connectivity index (χ3v) is 7.81. The molecule has 5 unspecified atom stereocenters. The minimum absolute atomic E-state index is 0.0917. The molecule has 1 aliphatic heterocycles.